The van der Waals surface area contributed by atoms with Crippen LogP contribution in [0, 0.1) is 0 Å². The Balaban J connectivity index is 2.39. The maximum absolute atomic E-state index is 12.1. The minimum Gasteiger partial charge on any atom is -0.385 e. The van der Waals surface area contributed by atoms with E-state index >= 15 is 0 Å². The number of benzene rings is 1. The van der Waals surface area contributed by atoms with Crippen molar-refractivity contribution in [2.24, 2.45) is 0 Å². The van der Waals surface area contributed by atoms with Gasteiger partial charge < -0.3 is 5.11 Å². The molecule has 0 spiro atoms. The number of rotatable bonds is 3. The van der Waals surface area contributed by atoms with Crippen LogP contribution in [0.15, 0.2) is 29.1 Å². The number of aliphatic hydroxyl groups is 1. The molecule has 1 atom stereocenters. The number of aliphatic hydroxyl groups excluding tert-OH is 1. The molecule has 0 radical (unpaired) electrons. The van der Waals surface area contributed by atoms with Crippen LogP contribution in [0.5, 0.6) is 0 Å². The fourth-order valence-electron chi connectivity index (χ4n) is 1.39. The van der Waals surface area contributed by atoms with Gasteiger partial charge in [0.15, 0.2) is 0 Å². The molecule has 0 fully saturated rings. The van der Waals surface area contributed by atoms with Crippen LogP contribution in [0.4, 0.5) is 8.78 Å². The summed E-state index contributed by atoms with van der Waals surface area (Å²) in [5, 5.41) is 9.52. The van der Waals surface area contributed by atoms with Crippen LogP contribution in [0.1, 0.15) is 0 Å². The van der Waals surface area contributed by atoms with Crippen molar-refractivity contribution in [3.8, 4) is 0 Å². The van der Waals surface area contributed by atoms with Crippen LogP contribution in [0.25, 0.3) is 10.1 Å². The van der Waals surface area contributed by atoms with Gasteiger partial charge in [-0.3, -0.25) is 8.75 Å². The van der Waals surface area contributed by atoms with Crippen LogP contribution in [-0.2, 0) is 6.54 Å². The highest BCUT2D eigenvalue weighted by Gasteiger charge is 2.19. The van der Waals surface area contributed by atoms with Crippen molar-refractivity contribution in [3.63, 3.8) is 0 Å². The van der Waals surface area contributed by atoms with Gasteiger partial charge in [0.05, 0.1) is 16.6 Å². The van der Waals surface area contributed by atoms with E-state index < -0.39 is 12.5 Å². The van der Waals surface area contributed by atoms with E-state index in [1.54, 1.807) is 24.3 Å². The van der Waals surface area contributed by atoms with Gasteiger partial charge >= 0.3 is 0 Å². The van der Waals surface area contributed by atoms with Crippen molar-refractivity contribution >= 4 is 21.6 Å². The first-order chi connectivity index (χ1) is 7.59. The van der Waals surface area contributed by atoms with Crippen molar-refractivity contribution in [1.82, 2.24) is 3.96 Å². The highest BCUT2D eigenvalue weighted by Crippen LogP contribution is 2.16. The number of hydrogen-bond acceptors (Lipinski definition) is 3. The maximum Gasteiger partial charge on any atom is 0.268 e. The number of aromatic nitrogens is 1. The Morgan fingerprint density at radius 2 is 2.06 bits per heavy atom. The largest absolute Gasteiger partial charge is 0.385 e. The Kier molecular flexibility index (Phi) is 3.02. The zero-order valence-corrected chi connectivity index (χ0v) is 8.95. The van der Waals surface area contributed by atoms with Gasteiger partial charge in [-0.05, 0) is 12.1 Å². The first kappa shape index (κ1) is 11.2. The lowest BCUT2D eigenvalue weighted by Gasteiger charge is -2.07. The second-order valence-corrected chi connectivity index (χ2v) is 4.42. The molecule has 2 rings (SSSR count). The average Bonchev–Trinajstić information content (AvgIpc) is 2.56. The van der Waals surface area contributed by atoms with Gasteiger partial charge in [-0.25, -0.2) is 8.78 Å². The van der Waals surface area contributed by atoms with Crippen LogP contribution in [0.2, 0.25) is 0 Å². The molecule has 16 heavy (non-hydrogen) atoms. The molecular formula is C10H9F2NO2S. The molecule has 1 N–H and O–H groups in total. The summed E-state index contributed by atoms with van der Waals surface area (Å²) in [4.78, 5) is 11.7. The molecule has 0 aliphatic heterocycles. The number of hydrogen-bond donors (Lipinski definition) is 1. The fourth-order valence-corrected chi connectivity index (χ4v) is 2.43. The van der Waals surface area contributed by atoms with Crippen molar-refractivity contribution < 1.29 is 13.9 Å². The van der Waals surface area contributed by atoms with Crippen LogP contribution in [-0.4, -0.2) is 21.6 Å². The Hall–Kier alpha value is -1.27. The van der Waals surface area contributed by atoms with Crippen LogP contribution in [0.3, 0.4) is 0 Å². The van der Waals surface area contributed by atoms with E-state index in [1.807, 2.05) is 0 Å². The smallest absolute Gasteiger partial charge is 0.268 e. The molecule has 1 aromatic heterocycles. The first-order valence-corrected chi connectivity index (χ1v) is 5.42. The van der Waals surface area contributed by atoms with Crippen molar-refractivity contribution in [3.05, 3.63) is 34.6 Å². The third-order valence-corrected chi connectivity index (χ3v) is 3.28. The predicted octanol–water partition coefficient (Wildman–Crippen LogP) is 1.69. The summed E-state index contributed by atoms with van der Waals surface area (Å²) in [6.07, 6.45) is -4.64. The van der Waals surface area contributed by atoms with Gasteiger partial charge in [0.25, 0.3) is 12.0 Å². The van der Waals surface area contributed by atoms with E-state index in [0.29, 0.717) is 5.39 Å². The minimum absolute atomic E-state index is 0.333. The van der Waals surface area contributed by atoms with Crippen molar-refractivity contribution in [2.75, 3.05) is 0 Å². The van der Waals surface area contributed by atoms with Gasteiger partial charge in [0.2, 0.25) is 0 Å². The topological polar surface area (TPSA) is 42.2 Å². The molecule has 0 aliphatic carbocycles. The maximum atomic E-state index is 12.1. The third-order valence-electron chi connectivity index (χ3n) is 2.20. The van der Waals surface area contributed by atoms with Crippen LogP contribution >= 0.6 is 11.5 Å². The average molecular weight is 245 g/mol. The van der Waals surface area contributed by atoms with E-state index in [0.717, 1.165) is 20.2 Å². The number of nitrogens with zero attached hydrogens (tertiary/aromatic N) is 1. The minimum atomic E-state index is -2.84. The Bertz CT molecular complexity index is 549. The molecule has 0 bridgehead atoms. The Morgan fingerprint density at radius 1 is 1.38 bits per heavy atom. The summed E-state index contributed by atoms with van der Waals surface area (Å²) < 4.78 is 26.2. The van der Waals surface area contributed by atoms with Gasteiger partial charge in [0, 0.05) is 0 Å². The quantitative estimate of drug-likeness (QED) is 0.894. The van der Waals surface area contributed by atoms with Gasteiger partial charge in [-0.2, -0.15) is 0 Å². The molecule has 6 heteroatoms. The second-order valence-electron chi connectivity index (χ2n) is 3.36. The summed E-state index contributed by atoms with van der Waals surface area (Å²) in [5.74, 6) is 0. The van der Waals surface area contributed by atoms with E-state index in [9.17, 15) is 13.6 Å². The molecule has 0 saturated heterocycles. The Morgan fingerprint density at radius 3 is 2.69 bits per heavy atom. The first-order valence-electron chi connectivity index (χ1n) is 4.64. The molecule has 0 aliphatic rings. The SMILES string of the molecule is O=c1c2ccccc2sn1CC(O)C(F)F. The van der Waals surface area contributed by atoms with Crippen LogP contribution < -0.4 is 5.56 Å². The molecule has 1 heterocycles. The van der Waals surface area contributed by atoms with Gasteiger partial charge in [-0.15, -0.1) is 0 Å². The zero-order valence-electron chi connectivity index (χ0n) is 8.14. The summed E-state index contributed by atoms with van der Waals surface area (Å²) in [7, 11) is 0. The molecule has 3 nitrogen and oxygen atoms in total. The van der Waals surface area contributed by atoms with Gasteiger partial charge in [0.1, 0.15) is 6.10 Å². The monoisotopic (exact) mass is 245 g/mol. The molecule has 0 saturated carbocycles. The third kappa shape index (κ3) is 1.98. The molecule has 86 valence electrons. The van der Waals surface area contributed by atoms with E-state index in [4.69, 9.17) is 5.11 Å². The van der Waals surface area contributed by atoms with E-state index in [2.05, 4.69) is 0 Å². The molecule has 1 aromatic carbocycles. The number of alkyl halides is 2. The highest BCUT2D eigenvalue weighted by atomic mass is 32.1. The standard InChI is InChI=1S/C10H9F2NO2S/c11-9(12)7(14)5-13-10(15)6-3-1-2-4-8(6)16-13/h1-4,7,9,14H,5H2. The summed E-state index contributed by atoms with van der Waals surface area (Å²) >= 11 is 1.08. The molecule has 2 aromatic rings. The van der Waals surface area contributed by atoms with E-state index in [-0.39, 0.29) is 12.1 Å². The molecular weight excluding hydrogens is 236 g/mol. The predicted molar refractivity (Wildman–Crippen MR) is 58.1 cm³/mol. The normalized spacial score (nSPS) is 13.5. The van der Waals surface area contributed by atoms with Crippen molar-refractivity contribution in [2.45, 2.75) is 19.1 Å². The highest BCUT2D eigenvalue weighted by molar-refractivity contribution is 7.13. The Labute approximate surface area is 93.7 Å². The zero-order chi connectivity index (χ0) is 11.7. The number of fused-ring (bicyclic) bond motifs is 1. The molecule has 1 unspecified atom stereocenters. The summed E-state index contributed by atoms with van der Waals surface area (Å²) in [6, 6.07) is 6.86. The lowest BCUT2D eigenvalue weighted by molar-refractivity contribution is -0.0124. The molecule has 0 amide bonds. The number of halogens is 2. The summed E-state index contributed by atoms with van der Waals surface area (Å²) in [5.41, 5.74) is -0.333. The second kappa shape index (κ2) is 4.31. The van der Waals surface area contributed by atoms with Crippen molar-refractivity contribution in [1.29, 1.82) is 0 Å². The lowest BCUT2D eigenvalue weighted by atomic mass is 10.3. The lowest BCUT2D eigenvalue weighted by Crippen LogP contribution is -2.27. The fraction of sp³-hybridized carbons (Fsp3) is 0.300. The van der Waals surface area contributed by atoms with Gasteiger partial charge in [-0.1, -0.05) is 23.7 Å². The summed E-state index contributed by atoms with van der Waals surface area (Å²) in [6.45, 7) is -0.365. The van der Waals surface area contributed by atoms with E-state index in [1.165, 1.54) is 0 Å².